The molecule has 0 fully saturated rings. The molecule has 0 spiro atoms. The van der Waals surface area contributed by atoms with E-state index in [1.807, 2.05) is 30.3 Å². The second-order valence-corrected chi connectivity index (χ2v) is 9.90. The van der Waals surface area contributed by atoms with Gasteiger partial charge in [0.25, 0.3) is 10.1 Å². The predicted octanol–water partition coefficient (Wildman–Crippen LogP) is 1.95. The summed E-state index contributed by atoms with van der Waals surface area (Å²) in [4.78, 5) is 4.67. The van der Waals surface area contributed by atoms with Gasteiger partial charge in [-0.1, -0.05) is 30.3 Å². The van der Waals surface area contributed by atoms with Gasteiger partial charge in [0.1, 0.15) is 6.04 Å². The molecule has 27 heavy (non-hydrogen) atoms. The maximum atomic E-state index is 11.6. The zero-order valence-electron chi connectivity index (χ0n) is 14.8. The second kappa shape index (κ2) is 7.41. The highest BCUT2D eigenvalue weighted by Crippen LogP contribution is 2.32. The van der Waals surface area contributed by atoms with Crippen molar-refractivity contribution in [3.8, 4) is 0 Å². The fourth-order valence-corrected chi connectivity index (χ4v) is 3.70. The SMILES string of the molecule is CS(=O)(=O)OCC1N=C(c2ccccc2)OC1c1ccc(S(C)(=O)=O)cc1. The van der Waals surface area contributed by atoms with Gasteiger partial charge in [-0.3, -0.25) is 4.18 Å². The molecule has 0 aliphatic carbocycles. The third-order valence-corrected chi connectivity index (χ3v) is 5.67. The number of benzene rings is 2. The predicted molar refractivity (Wildman–Crippen MR) is 101 cm³/mol. The number of aliphatic imine (C=N–C) groups is 1. The molecule has 9 heteroatoms. The Morgan fingerprint density at radius 3 is 2.15 bits per heavy atom. The van der Waals surface area contributed by atoms with Crippen LogP contribution in [0.15, 0.2) is 64.5 Å². The smallest absolute Gasteiger partial charge is 0.264 e. The molecule has 2 aromatic rings. The minimum absolute atomic E-state index is 0.173. The van der Waals surface area contributed by atoms with E-state index < -0.39 is 32.1 Å². The van der Waals surface area contributed by atoms with E-state index in [4.69, 9.17) is 8.92 Å². The van der Waals surface area contributed by atoms with E-state index in [-0.39, 0.29) is 11.5 Å². The normalized spacial score (nSPS) is 20.1. The fourth-order valence-electron chi connectivity index (χ4n) is 2.68. The molecule has 0 bridgehead atoms. The lowest BCUT2D eigenvalue weighted by Gasteiger charge is -2.18. The number of ether oxygens (including phenoxy) is 1. The molecule has 0 saturated carbocycles. The monoisotopic (exact) mass is 409 g/mol. The summed E-state index contributed by atoms with van der Waals surface area (Å²) in [7, 11) is -6.94. The van der Waals surface area contributed by atoms with Crippen LogP contribution in [-0.2, 0) is 28.9 Å². The zero-order chi connectivity index (χ0) is 19.7. The number of hydrogen-bond acceptors (Lipinski definition) is 7. The summed E-state index contributed by atoms with van der Waals surface area (Å²) in [6, 6.07) is 14.9. The van der Waals surface area contributed by atoms with Crippen LogP contribution in [0.1, 0.15) is 17.2 Å². The number of hydrogen-bond donors (Lipinski definition) is 0. The van der Waals surface area contributed by atoms with E-state index >= 15 is 0 Å². The first-order chi connectivity index (χ1) is 12.6. The maximum absolute atomic E-state index is 11.6. The Bertz CT molecular complexity index is 1040. The lowest BCUT2D eigenvalue weighted by Crippen LogP contribution is -2.22. The van der Waals surface area contributed by atoms with Crippen molar-refractivity contribution >= 4 is 25.9 Å². The molecular weight excluding hydrogens is 390 g/mol. The third kappa shape index (κ3) is 4.94. The molecule has 7 nitrogen and oxygen atoms in total. The Balaban J connectivity index is 1.90. The summed E-state index contributed by atoms with van der Waals surface area (Å²) in [6.07, 6.45) is 1.52. The van der Waals surface area contributed by atoms with Crippen molar-refractivity contribution in [2.24, 2.45) is 4.99 Å². The van der Waals surface area contributed by atoms with Crippen molar-refractivity contribution < 1.29 is 25.8 Å². The molecular formula is C18H19NO6S2. The Hall–Kier alpha value is -2.23. The van der Waals surface area contributed by atoms with Gasteiger partial charge in [0, 0.05) is 11.8 Å². The van der Waals surface area contributed by atoms with Crippen LogP contribution in [0.3, 0.4) is 0 Å². The van der Waals surface area contributed by atoms with Crippen LogP contribution >= 0.6 is 0 Å². The average Bonchev–Trinajstić information content (AvgIpc) is 3.04. The second-order valence-electron chi connectivity index (χ2n) is 6.24. The fraction of sp³-hybridized carbons (Fsp3) is 0.278. The van der Waals surface area contributed by atoms with E-state index in [1.165, 1.54) is 12.1 Å². The quantitative estimate of drug-likeness (QED) is 0.676. The lowest BCUT2D eigenvalue weighted by atomic mass is 10.0. The van der Waals surface area contributed by atoms with Crippen molar-refractivity contribution in [2.45, 2.75) is 17.0 Å². The van der Waals surface area contributed by atoms with Crippen LogP contribution in [0.4, 0.5) is 0 Å². The zero-order valence-corrected chi connectivity index (χ0v) is 16.4. The molecule has 2 atom stereocenters. The topological polar surface area (TPSA) is 99.1 Å². The Labute approximate surface area is 158 Å². The van der Waals surface area contributed by atoms with E-state index in [0.717, 1.165) is 18.1 Å². The Morgan fingerprint density at radius 2 is 1.59 bits per heavy atom. The van der Waals surface area contributed by atoms with Crippen LogP contribution in [-0.4, -0.2) is 47.9 Å². The molecule has 0 radical (unpaired) electrons. The van der Waals surface area contributed by atoms with Gasteiger partial charge in [-0.2, -0.15) is 8.42 Å². The molecule has 0 N–H and O–H groups in total. The minimum atomic E-state index is -3.63. The Kier molecular flexibility index (Phi) is 5.36. The van der Waals surface area contributed by atoms with Crippen LogP contribution in [0.2, 0.25) is 0 Å². The van der Waals surface area contributed by atoms with E-state index in [2.05, 4.69) is 4.99 Å². The molecule has 3 rings (SSSR count). The van der Waals surface area contributed by atoms with Crippen LogP contribution in [0.5, 0.6) is 0 Å². The molecule has 2 aromatic carbocycles. The van der Waals surface area contributed by atoms with E-state index in [0.29, 0.717) is 11.5 Å². The van der Waals surface area contributed by atoms with Gasteiger partial charge in [-0.25, -0.2) is 13.4 Å². The van der Waals surface area contributed by atoms with E-state index in [1.54, 1.807) is 12.1 Å². The first-order valence-electron chi connectivity index (χ1n) is 8.08. The highest BCUT2D eigenvalue weighted by atomic mass is 32.2. The summed E-state index contributed by atoms with van der Waals surface area (Å²) in [5, 5.41) is 0. The van der Waals surface area contributed by atoms with Gasteiger partial charge in [0.15, 0.2) is 15.9 Å². The van der Waals surface area contributed by atoms with Crippen molar-refractivity contribution in [2.75, 3.05) is 19.1 Å². The average molecular weight is 409 g/mol. The minimum Gasteiger partial charge on any atom is -0.467 e. The molecule has 144 valence electrons. The number of nitrogens with zero attached hydrogens (tertiary/aromatic N) is 1. The standard InChI is InChI=1S/C18H19NO6S2/c1-26(20,21)15-10-8-13(9-11-15)17-16(12-24-27(2,22)23)19-18(25-17)14-6-4-3-5-7-14/h3-11,16-17H,12H2,1-2H3. The molecule has 0 amide bonds. The Morgan fingerprint density at radius 1 is 0.963 bits per heavy atom. The third-order valence-electron chi connectivity index (χ3n) is 3.98. The summed E-state index contributed by atoms with van der Waals surface area (Å²) in [5.74, 6) is 0.384. The van der Waals surface area contributed by atoms with E-state index in [9.17, 15) is 16.8 Å². The van der Waals surface area contributed by atoms with Gasteiger partial charge in [0.2, 0.25) is 5.90 Å². The van der Waals surface area contributed by atoms with Crippen molar-refractivity contribution in [1.82, 2.24) is 0 Å². The number of rotatable bonds is 6. The van der Waals surface area contributed by atoms with Crippen molar-refractivity contribution in [3.05, 3.63) is 65.7 Å². The molecule has 0 aromatic heterocycles. The highest BCUT2D eigenvalue weighted by molar-refractivity contribution is 7.90. The molecule has 1 heterocycles. The van der Waals surface area contributed by atoms with Gasteiger partial charge in [0.05, 0.1) is 17.8 Å². The first-order valence-corrected chi connectivity index (χ1v) is 11.8. The largest absolute Gasteiger partial charge is 0.467 e. The van der Waals surface area contributed by atoms with Crippen molar-refractivity contribution in [3.63, 3.8) is 0 Å². The molecule has 1 aliphatic heterocycles. The lowest BCUT2D eigenvalue weighted by molar-refractivity contribution is 0.163. The number of sulfone groups is 1. The first kappa shape index (κ1) is 19.5. The summed E-state index contributed by atoms with van der Waals surface area (Å²) >= 11 is 0. The summed E-state index contributed by atoms with van der Waals surface area (Å²) in [6.45, 7) is -0.173. The van der Waals surface area contributed by atoms with Crippen LogP contribution in [0, 0.1) is 0 Å². The summed E-state index contributed by atoms with van der Waals surface area (Å²) in [5.41, 5.74) is 1.44. The molecule has 0 saturated heterocycles. The van der Waals surface area contributed by atoms with Gasteiger partial charge in [-0.15, -0.1) is 0 Å². The van der Waals surface area contributed by atoms with Crippen molar-refractivity contribution in [1.29, 1.82) is 0 Å². The molecule has 1 aliphatic rings. The van der Waals surface area contributed by atoms with Gasteiger partial charge >= 0.3 is 0 Å². The van der Waals surface area contributed by atoms with Gasteiger partial charge < -0.3 is 4.74 Å². The summed E-state index contributed by atoms with van der Waals surface area (Å²) < 4.78 is 56.9. The van der Waals surface area contributed by atoms with Crippen LogP contribution < -0.4 is 0 Å². The van der Waals surface area contributed by atoms with Crippen LogP contribution in [0.25, 0.3) is 0 Å². The maximum Gasteiger partial charge on any atom is 0.264 e. The highest BCUT2D eigenvalue weighted by Gasteiger charge is 2.34. The molecule has 2 unspecified atom stereocenters. The van der Waals surface area contributed by atoms with Gasteiger partial charge in [-0.05, 0) is 29.8 Å².